The fraction of sp³-hybridized carbons (Fsp3) is 0.611. The smallest absolute Gasteiger partial charge is 0.219 e. The van der Waals surface area contributed by atoms with E-state index < -0.39 is 0 Å². The van der Waals surface area contributed by atoms with E-state index in [0.717, 1.165) is 64.7 Å². The standard InChI is InChI=1S/C30H38N2O3.C6H10/c1-19(33)31-13-15-32(16-14-31)22-6-3-20(4-7-22)26-18-30(2)27(11-12-28(30)35)25-9-5-21-17-23(34)8-10-24(21)29(25)26;1-5-6(2,3)4/h3-4,6-7,17,25-28,35H,5,8-16,18H2,1-2H3;1H,2-4H3. The number of terminal acetylenes is 1. The van der Waals surface area contributed by atoms with Crippen molar-refractivity contribution >= 4 is 17.4 Å². The van der Waals surface area contributed by atoms with Crippen LogP contribution in [0.4, 0.5) is 5.69 Å². The van der Waals surface area contributed by atoms with E-state index in [-0.39, 0.29) is 28.6 Å². The van der Waals surface area contributed by atoms with Gasteiger partial charge in [-0.1, -0.05) is 24.6 Å². The van der Waals surface area contributed by atoms with Crippen molar-refractivity contribution in [1.82, 2.24) is 4.90 Å². The SMILES string of the molecule is C#CC(C)(C)C.CC(=O)N1CCN(c2ccc(C3CC4(C)C(O)CCC4C4CCC5=CC(=O)CCC5=C34)cc2)CC1. The first-order valence-corrected chi connectivity index (χ1v) is 15.6. The summed E-state index contributed by atoms with van der Waals surface area (Å²) < 4.78 is 0. The Kier molecular flexibility index (Phi) is 8.27. The summed E-state index contributed by atoms with van der Waals surface area (Å²) in [6, 6.07) is 9.11. The Morgan fingerprint density at radius 2 is 1.68 bits per heavy atom. The Balaban J connectivity index is 0.000000511. The maximum Gasteiger partial charge on any atom is 0.219 e. The molecule has 1 N–H and O–H groups in total. The van der Waals surface area contributed by atoms with E-state index in [9.17, 15) is 14.7 Å². The van der Waals surface area contributed by atoms with Crippen LogP contribution in [0.2, 0.25) is 0 Å². The predicted molar refractivity (Wildman–Crippen MR) is 165 cm³/mol. The molecule has 5 aliphatic rings. The van der Waals surface area contributed by atoms with Crippen LogP contribution in [0.5, 0.6) is 0 Å². The number of piperazine rings is 1. The fourth-order valence-electron chi connectivity index (χ4n) is 8.13. The monoisotopic (exact) mass is 556 g/mol. The van der Waals surface area contributed by atoms with Crippen molar-refractivity contribution in [3.8, 4) is 12.3 Å². The topological polar surface area (TPSA) is 60.9 Å². The molecule has 1 aromatic rings. The third-order valence-corrected chi connectivity index (χ3v) is 10.5. The zero-order valence-electron chi connectivity index (χ0n) is 25.7. The lowest BCUT2D eigenvalue weighted by Crippen LogP contribution is -2.48. The molecule has 5 atom stereocenters. The van der Waals surface area contributed by atoms with Gasteiger partial charge in [0.25, 0.3) is 0 Å². The molecule has 0 aromatic heterocycles. The number of ketones is 1. The number of carbonyl (C=O) groups is 2. The van der Waals surface area contributed by atoms with Crippen LogP contribution in [0.3, 0.4) is 0 Å². The average molecular weight is 557 g/mol. The number of rotatable bonds is 2. The minimum atomic E-state index is -0.219. The molecule has 6 rings (SSSR count). The quantitative estimate of drug-likeness (QED) is 0.436. The Labute approximate surface area is 247 Å². The average Bonchev–Trinajstić information content (AvgIpc) is 3.26. The number of fused-ring (bicyclic) bond motifs is 4. The van der Waals surface area contributed by atoms with Gasteiger partial charge in [0.1, 0.15) is 0 Å². The van der Waals surface area contributed by atoms with Crippen LogP contribution in [-0.4, -0.2) is 54.0 Å². The van der Waals surface area contributed by atoms with Crippen LogP contribution in [0.15, 0.2) is 47.1 Å². The Morgan fingerprint density at radius 3 is 2.29 bits per heavy atom. The highest BCUT2D eigenvalue weighted by atomic mass is 16.3. The van der Waals surface area contributed by atoms with E-state index in [1.165, 1.54) is 22.4 Å². The summed E-state index contributed by atoms with van der Waals surface area (Å²) in [7, 11) is 0. The minimum Gasteiger partial charge on any atom is -0.393 e. The van der Waals surface area contributed by atoms with E-state index in [1.807, 2.05) is 31.7 Å². The largest absolute Gasteiger partial charge is 0.393 e. The van der Waals surface area contributed by atoms with Crippen LogP contribution in [-0.2, 0) is 9.59 Å². The van der Waals surface area contributed by atoms with Crippen LogP contribution in [0.1, 0.15) is 91.0 Å². The second kappa shape index (κ2) is 11.4. The highest BCUT2D eigenvalue weighted by Gasteiger charge is 2.56. The molecule has 3 fully saturated rings. The van der Waals surface area contributed by atoms with Crippen LogP contribution in [0, 0.1) is 35.0 Å². The molecule has 1 saturated heterocycles. The second-order valence-electron chi connectivity index (χ2n) is 14.2. The number of anilines is 1. The molecule has 0 bridgehead atoms. The summed E-state index contributed by atoms with van der Waals surface area (Å²) in [5.41, 5.74) is 6.96. The van der Waals surface area contributed by atoms with Gasteiger partial charge in [0, 0.05) is 56.5 Å². The third kappa shape index (κ3) is 5.91. The number of aliphatic hydroxyl groups is 1. The first kappa shape index (κ1) is 29.6. The molecule has 5 nitrogen and oxygen atoms in total. The molecule has 5 heteroatoms. The van der Waals surface area contributed by atoms with Gasteiger partial charge >= 0.3 is 0 Å². The lowest BCUT2D eigenvalue weighted by molar-refractivity contribution is -0.129. The summed E-state index contributed by atoms with van der Waals surface area (Å²) in [6.07, 6.45) is 13.4. The van der Waals surface area contributed by atoms with E-state index >= 15 is 0 Å². The fourth-order valence-corrected chi connectivity index (χ4v) is 8.13. The third-order valence-electron chi connectivity index (χ3n) is 10.5. The normalized spacial score (nSPS) is 31.2. The summed E-state index contributed by atoms with van der Waals surface area (Å²) >= 11 is 0. The van der Waals surface area contributed by atoms with Gasteiger partial charge in [-0.3, -0.25) is 9.59 Å². The first-order valence-electron chi connectivity index (χ1n) is 15.6. The molecular weight excluding hydrogens is 508 g/mol. The number of aliphatic hydroxyl groups excluding tert-OH is 1. The number of hydrogen-bond donors (Lipinski definition) is 1. The van der Waals surface area contributed by atoms with E-state index in [4.69, 9.17) is 6.42 Å². The zero-order chi connectivity index (χ0) is 29.5. The molecule has 1 aliphatic heterocycles. The first-order chi connectivity index (χ1) is 19.4. The van der Waals surface area contributed by atoms with Crippen molar-refractivity contribution < 1.29 is 14.7 Å². The van der Waals surface area contributed by atoms with Gasteiger partial charge in [-0.2, -0.15) is 0 Å². The minimum absolute atomic E-state index is 0.0349. The summed E-state index contributed by atoms with van der Waals surface area (Å²) in [6.45, 7) is 13.3. The number of hydrogen-bond acceptors (Lipinski definition) is 4. The van der Waals surface area contributed by atoms with Crippen molar-refractivity contribution in [1.29, 1.82) is 0 Å². The number of carbonyl (C=O) groups excluding carboxylic acids is 2. The van der Waals surface area contributed by atoms with Crippen LogP contribution in [0.25, 0.3) is 0 Å². The van der Waals surface area contributed by atoms with Crippen LogP contribution < -0.4 is 4.90 Å². The summed E-state index contributed by atoms with van der Waals surface area (Å²) in [5.74, 6) is 4.43. The highest BCUT2D eigenvalue weighted by molar-refractivity contribution is 5.93. The van der Waals surface area contributed by atoms with E-state index in [0.29, 0.717) is 24.2 Å². The zero-order valence-corrected chi connectivity index (χ0v) is 25.7. The lowest BCUT2D eigenvalue weighted by Gasteiger charge is -2.52. The predicted octanol–water partition coefficient (Wildman–Crippen LogP) is 6.28. The van der Waals surface area contributed by atoms with Crippen molar-refractivity contribution in [3.63, 3.8) is 0 Å². The van der Waals surface area contributed by atoms with Gasteiger partial charge in [0.15, 0.2) is 5.78 Å². The number of nitrogens with zero attached hydrogens (tertiary/aromatic N) is 2. The van der Waals surface area contributed by atoms with Crippen molar-refractivity contribution in [2.75, 3.05) is 31.1 Å². The molecular formula is C36H48N2O3. The maximum atomic E-state index is 12.2. The van der Waals surface area contributed by atoms with E-state index in [1.54, 1.807) is 12.5 Å². The maximum absolute atomic E-state index is 12.2. The summed E-state index contributed by atoms with van der Waals surface area (Å²) in [4.78, 5) is 28.2. The van der Waals surface area contributed by atoms with Gasteiger partial charge in [-0.25, -0.2) is 0 Å². The lowest BCUT2D eigenvalue weighted by atomic mass is 9.53. The molecule has 0 radical (unpaired) electrons. The van der Waals surface area contributed by atoms with Gasteiger partial charge in [-0.15, -0.1) is 12.3 Å². The number of benzene rings is 1. The van der Waals surface area contributed by atoms with Gasteiger partial charge in [0.2, 0.25) is 5.91 Å². The number of amides is 1. The molecule has 1 amide bonds. The van der Waals surface area contributed by atoms with Crippen molar-refractivity contribution in [2.24, 2.45) is 22.7 Å². The second-order valence-corrected chi connectivity index (χ2v) is 14.2. The molecule has 2 saturated carbocycles. The molecule has 1 heterocycles. The Hall–Kier alpha value is -2.84. The molecule has 0 spiro atoms. The molecule has 4 aliphatic carbocycles. The number of allylic oxidation sites excluding steroid dienone is 4. The summed E-state index contributed by atoms with van der Waals surface area (Å²) in [5, 5.41) is 11.1. The Bertz CT molecular complexity index is 1270. The van der Waals surface area contributed by atoms with Gasteiger partial charge in [0.05, 0.1) is 6.10 Å². The van der Waals surface area contributed by atoms with Gasteiger partial charge in [-0.05, 0) is 111 Å². The van der Waals surface area contributed by atoms with Gasteiger partial charge < -0.3 is 14.9 Å². The van der Waals surface area contributed by atoms with Crippen molar-refractivity contribution in [3.05, 3.63) is 52.6 Å². The van der Waals surface area contributed by atoms with Crippen molar-refractivity contribution in [2.45, 2.75) is 91.6 Å². The van der Waals surface area contributed by atoms with E-state index in [2.05, 4.69) is 42.0 Å². The molecule has 220 valence electrons. The molecule has 5 unspecified atom stereocenters. The molecule has 1 aromatic carbocycles. The highest BCUT2D eigenvalue weighted by Crippen LogP contribution is 2.63. The molecule has 41 heavy (non-hydrogen) atoms. The Morgan fingerprint density at radius 1 is 1.02 bits per heavy atom. The van der Waals surface area contributed by atoms with Crippen LogP contribution >= 0.6 is 0 Å².